The maximum Gasteiger partial charge on any atom is 0.159 e. The first kappa shape index (κ1) is 14.7. The molecule has 1 aromatic heterocycles. The Kier molecular flexibility index (Phi) is 4.49. The van der Waals surface area contributed by atoms with Gasteiger partial charge in [0.25, 0.3) is 0 Å². The van der Waals surface area contributed by atoms with Crippen molar-refractivity contribution in [2.24, 2.45) is 7.05 Å². The van der Waals surface area contributed by atoms with Gasteiger partial charge in [0.2, 0.25) is 0 Å². The van der Waals surface area contributed by atoms with Crippen LogP contribution < -0.4 is 5.32 Å². The summed E-state index contributed by atoms with van der Waals surface area (Å²) in [6.45, 7) is 4.73. The number of benzene rings is 1. The van der Waals surface area contributed by atoms with E-state index in [-0.39, 0.29) is 6.04 Å². The molecule has 0 radical (unpaired) electrons. The summed E-state index contributed by atoms with van der Waals surface area (Å²) in [4.78, 5) is 0. The van der Waals surface area contributed by atoms with E-state index in [1.807, 2.05) is 27.1 Å². The van der Waals surface area contributed by atoms with E-state index >= 15 is 0 Å². The van der Waals surface area contributed by atoms with Crippen molar-refractivity contribution in [1.29, 1.82) is 0 Å². The van der Waals surface area contributed by atoms with Crippen molar-refractivity contribution in [3.05, 3.63) is 52.9 Å². The average Bonchev–Trinajstić information content (AvgIpc) is 2.80. The van der Waals surface area contributed by atoms with E-state index in [1.54, 1.807) is 10.7 Å². The number of nitrogens with zero attached hydrogens (tertiary/aromatic N) is 2. The van der Waals surface area contributed by atoms with Gasteiger partial charge < -0.3 is 5.32 Å². The second-order valence-electron chi connectivity index (χ2n) is 4.72. The van der Waals surface area contributed by atoms with Gasteiger partial charge in [-0.2, -0.15) is 5.10 Å². The number of aryl methyl sites for hydroxylation is 2. The Morgan fingerprint density at radius 3 is 2.60 bits per heavy atom. The maximum absolute atomic E-state index is 13.5. The normalized spacial score (nSPS) is 12.7. The third-order valence-corrected chi connectivity index (χ3v) is 3.27. The first-order valence-electron chi connectivity index (χ1n) is 6.77. The number of halogens is 2. The Morgan fingerprint density at radius 2 is 2.00 bits per heavy atom. The Bertz CT molecular complexity index is 593. The Hall–Kier alpha value is -1.75. The standard InChI is InChI=1S/C15H19F2N3/c1-4-14-11(9-20(3)19-14)15(18-5-2)10-6-7-12(16)13(17)8-10/h6-9,15,18H,4-5H2,1-3H3. The molecule has 2 rings (SSSR count). The lowest BCUT2D eigenvalue weighted by molar-refractivity contribution is 0.503. The minimum Gasteiger partial charge on any atom is -0.306 e. The summed E-state index contributed by atoms with van der Waals surface area (Å²) in [5.74, 6) is -1.65. The summed E-state index contributed by atoms with van der Waals surface area (Å²) in [6, 6.07) is 3.84. The van der Waals surface area contributed by atoms with Crippen LogP contribution >= 0.6 is 0 Å². The zero-order valence-corrected chi connectivity index (χ0v) is 12.0. The van der Waals surface area contributed by atoms with E-state index in [0.717, 1.165) is 30.3 Å². The zero-order valence-electron chi connectivity index (χ0n) is 12.0. The predicted octanol–water partition coefficient (Wildman–Crippen LogP) is 2.96. The van der Waals surface area contributed by atoms with Crippen LogP contribution in [-0.4, -0.2) is 16.3 Å². The molecule has 0 bridgehead atoms. The molecule has 2 aromatic rings. The second kappa shape index (κ2) is 6.13. The lowest BCUT2D eigenvalue weighted by atomic mass is 9.98. The average molecular weight is 279 g/mol. The van der Waals surface area contributed by atoms with Gasteiger partial charge in [0.15, 0.2) is 11.6 Å². The molecule has 108 valence electrons. The largest absolute Gasteiger partial charge is 0.306 e. The van der Waals surface area contributed by atoms with Gasteiger partial charge in [-0.1, -0.05) is 19.9 Å². The fraction of sp³-hybridized carbons (Fsp3) is 0.400. The van der Waals surface area contributed by atoms with Gasteiger partial charge in [-0.3, -0.25) is 4.68 Å². The van der Waals surface area contributed by atoms with Crippen molar-refractivity contribution in [1.82, 2.24) is 15.1 Å². The lowest BCUT2D eigenvalue weighted by Gasteiger charge is -2.18. The van der Waals surface area contributed by atoms with E-state index in [0.29, 0.717) is 5.56 Å². The molecule has 0 saturated carbocycles. The van der Waals surface area contributed by atoms with Gasteiger partial charge in [0.05, 0.1) is 11.7 Å². The molecule has 3 nitrogen and oxygen atoms in total. The highest BCUT2D eigenvalue weighted by Crippen LogP contribution is 2.26. The number of nitrogens with one attached hydrogen (secondary N) is 1. The first-order chi connectivity index (χ1) is 9.56. The predicted molar refractivity (Wildman–Crippen MR) is 74.5 cm³/mol. The van der Waals surface area contributed by atoms with Crippen LogP contribution in [0.15, 0.2) is 24.4 Å². The molecule has 1 atom stereocenters. The maximum atomic E-state index is 13.5. The molecular formula is C15H19F2N3. The molecule has 1 unspecified atom stereocenters. The van der Waals surface area contributed by atoms with Crippen LogP contribution in [0, 0.1) is 11.6 Å². The highest BCUT2D eigenvalue weighted by atomic mass is 19.2. The minimum absolute atomic E-state index is 0.182. The van der Waals surface area contributed by atoms with E-state index < -0.39 is 11.6 Å². The second-order valence-corrected chi connectivity index (χ2v) is 4.72. The molecule has 1 heterocycles. The monoisotopic (exact) mass is 279 g/mol. The molecule has 20 heavy (non-hydrogen) atoms. The lowest BCUT2D eigenvalue weighted by Crippen LogP contribution is -2.22. The van der Waals surface area contributed by atoms with Crippen LogP contribution in [-0.2, 0) is 13.5 Å². The fourth-order valence-corrected chi connectivity index (χ4v) is 2.37. The number of aromatic nitrogens is 2. The van der Waals surface area contributed by atoms with Gasteiger partial charge in [-0.25, -0.2) is 8.78 Å². The fourth-order valence-electron chi connectivity index (χ4n) is 2.37. The molecular weight excluding hydrogens is 260 g/mol. The summed E-state index contributed by atoms with van der Waals surface area (Å²) in [5.41, 5.74) is 2.67. The van der Waals surface area contributed by atoms with Crippen LogP contribution in [0.4, 0.5) is 8.78 Å². The van der Waals surface area contributed by atoms with Crippen molar-refractivity contribution in [2.45, 2.75) is 26.3 Å². The SMILES string of the molecule is CCNC(c1ccc(F)c(F)c1)c1cn(C)nc1CC. The Balaban J connectivity index is 2.46. The molecule has 0 spiro atoms. The molecule has 0 saturated heterocycles. The Morgan fingerprint density at radius 1 is 1.25 bits per heavy atom. The van der Waals surface area contributed by atoms with Crippen molar-refractivity contribution >= 4 is 0 Å². The van der Waals surface area contributed by atoms with Gasteiger partial charge >= 0.3 is 0 Å². The van der Waals surface area contributed by atoms with E-state index in [1.165, 1.54) is 6.07 Å². The molecule has 0 fully saturated rings. The van der Waals surface area contributed by atoms with Gasteiger partial charge in [-0.15, -0.1) is 0 Å². The summed E-state index contributed by atoms with van der Waals surface area (Å²) in [6.07, 6.45) is 2.72. The molecule has 0 amide bonds. The van der Waals surface area contributed by atoms with E-state index in [2.05, 4.69) is 10.4 Å². The van der Waals surface area contributed by atoms with E-state index in [4.69, 9.17) is 0 Å². The van der Waals surface area contributed by atoms with Crippen LogP contribution in [0.1, 0.15) is 36.7 Å². The molecule has 0 aliphatic rings. The van der Waals surface area contributed by atoms with Crippen LogP contribution in [0.3, 0.4) is 0 Å². The van der Waals surface area contributed by atoms with Gasteiger partial charge in [-0.05, 0) is 30.7 Å². The van der Waals surface area contributed by atoms with Crippen molar-refractivity contribution < 1.29 is 8.78 Å². The molecule has 1 N–H and O–H groups in total. The molecule has 0 aliphatic heterocycles. The smallest absolute Gasteiger partial charge is 0.159 e. The minimum atomic E-state index is -0.828. The zero-order chi connectivity index (χ0) is 14.7. The quantitative estimate of drug-likeness (QED) is 0.912. The third kappa shape index (κ3) is 2.88. The van der Waals surface area contributed by atoms with Crippen molar-refractivity contribution in [3.63, 3.8) is 0 Å². The van der Waals surface area contributed by atoms with Crippen LogP contribution in [0.25, 0.3) is 0 Å². The molecule has 1 aromatic carbocycles. The van der Waals surface area contributed by atoms with Crippen molar-refractivity contribution in [2.75, 3.05) is 6.54 Å². The van der Waals surface area contributed by atoms with Crippen LogP contribution in [0.2, 0.25) is 0 Å². The third-order valence-electron chi connectivity index (χ3n) is 3.27. The number of hydrogen-bond donors (Lipinski definition) is 1. The highest BCUT2D eigenvalue weighted by molar-refractivity contribution is 5.34. The topological polar surface area (TPSA) is 29.9 Å². The number of rotatable bonds is 5. The summed E-state index contributed by atoms with van der Waals surface area (Å²) >= 11 is 0. The van der Waals surface area contributed by atoms with Crippen LogP contribution in [0.5, 0.6) is 0 Å². The van der Waals surface area contributed by atoms with Gasteiger partial charge in [0, 0.05) is 18.8 Å². The Labute approximate surface area is 117 Å². The summed E-state index contributed by atoms with van der Waals surface area (Å²) in [7, 11) is 1.86. The summed E-state index contributed by atoms with van der Waals surface area (Å²) in [5, 5.41) is 7.71. The van der Waals surface area contributed by atoms with Crippen molar-refractivity contribution in [3.8, 4) is 0 Å². The van der Waals surface area contributed by atoms with Gasteiger partial charge in [0.1, 0.15) is 0 Å². The van der Waals surface area contributed by atoms with E-state index in [9.17, 15) is 8.78 Å². The highest BCUT2D eigenvalue weighted by Gasteiger charge is 2.20. The molecule has 0 aliphatic carbocycles. The number of hydrogen-bond acceptors (Lipinski definition) is 2. The molecule has 5 heteroatoms. The summed E-state index contributed by atoms with van der Waals surface area (Å²) < 4.78 is 28.3. The first-order valence-corrected chi connectivity index (χ1v) is 6.77.